The number of anilines is 1. The standard InChI is InChI=1S/C19H17ClN4O4S/c20-14-5-6-15-16(11-14)21-17(12-1-3-13(4-2-12)19(25)23-26)22-18(15)24-7-9-29(27,28)10-8-24/h1-6,11,26H,7-10H2,(H,23,25). The van der Waals surface area contributed by atoms with Crippen molar-refractivity contribution in [2.45, 2.75) is 0 Å². The van der Waals surface area contributed by atoms with Gasteiger partial charge in [-0.1, -0.05) is 23.7 Å². The molecule has 8 nitrogen and oxygen atoms in total. The van der Waals surface area contributed by atoms with Crippen LogP contribution in [0.2, 0.25) is 5.02 Å². The smallest absolute Gasteiger partial charge is 0.274 e. The number of hydrogen-bond donors (Lipinski definition) is 2. The summed E-state index contributed by atoms with van der Waals surface area (Å²) in [6, 6.07) is 11.8. The Hall–Kier alpha value is -2.75. The molecule has 1 fully saturated rings. The third-order valence-electron chi connectivity index (χ3n) is 4.79. The maximum absolute atomic E-state index is 11.8. The summed E-state index contributed by atoms with van der Waals surface area (Å²) in [5, 5.41) is 10.1. The number of sulfone groups is 1. The van der Waals surface area contributed by atoms with Crippen molar-refractivity contribution >= 4 is 44.1 Å². The summed E-state index contributed by atoms with van der Waals surface area (Å²) in [7, 11) is -3.03. The van der Waals surface area contributed by atoms with Crippen molar-refractivity contribution in [1.29, 1.82) is 0 Å². The van der Waals surface area contributed by atoms with Crippen LogP contribution in [0.25, 0.3) is 22.3 Å². The average Bonchev–Trinajstić information content (AvgIpc) is 2.72. The van der Waals surface area contributed by atoms with Crippen LogP contribution in [-0.4, -0.2) is 54.1 Å². The average molecular weight is 433 g/mol. The number of carbonyl (C=O) groups is 1. The molecular weight excluding hydrogens is 416 g/mol. The number of fused-ring (bicyclic) bond motifs is 1. The highest BCUT2D eigenvalue weighted by molar-refractivity contribution is 7.91. The molecule has 2 aromatic carbocycles. The Balaban J connectivity index is 1.80. The Morgan fingerprint density at radius 1 is 1.07 bits per heavy atom. The van der Waals surface area contributed by atoms with Crippen molar-refractivity contribution in [2.24, 2.45) is 0 Å². The molecule has 1 saturated heterocycles. The number of nitrogens with zero attached hydrogens (tertiary/aromatic N) is 3. The van der Waals surface area contributed by atoms with Crippen LogP contribution >= 0.6 is 11.6 Å². The molecule has 2 heterocycles. The van der Waals surface area contributed by atoms with E-state index in [0.717, 1.165) is 5.39 Å². The Kier molecular flexibility index (Phi) is 5.12. The van der Waals surface area contributed by atoms with Crippen molar-refractivity contribution in [3.05, 3.63) is 53.1 Å². The predicted molar refractivity (Wildman–Crippen MR) is 110 cm³/mol. The minimum absolute atomic E-state index is 0.0758. The van der Waals surface area contributed by atoms with E-state index < -0.39 is 15.7 Å². The summed E-state index contributed by atoms with van der Waals surface area (Å²) in [5.41, 5.74) is 3.20. The van der Waals surface area contributed by atoms with Crippen molar-refractivity contribution in [3.63, 3.8) is 0 Å². The molecule has 10 heteroatoms. The highest BCUT2D eigenvalue weighted by Gasteiger charge is 2.24. The van der Waals surface area contributed by atoms with Crippen LogP contribution in [0, 0.1) is 0 Å². The lowest BCUT2D eigenvalue weighted by molar-refractivity contribution is 0.0706. The molecule has 1 amide bonds. The topological polar surface area (TPSA) is 112 Å². The van der Waals surface area contributed by atoms with Crippen LogP contribution in [0.5, 0.6) is 0 Å². The number of carbonyl (C=O) groups excluding carboxylic acids is 1. The fourth-order valence-electron chi connectivity index (χ4n) is 3.22. The molecule has 0 atom stereocenters. The summed E-state index contributed by atoms with van der Waals surface area (Å²) in [6.07, 6.45) is 0. The van der Waals surface area contributed by atoms with E-state index in [9.17, 15) is 13.2 Å². The molecular formula is C19H17ClN4O4S. The number of hydroxylamine groups is 1. The van der Waals surface area contributed by atoms with Crippen LogP contribution in [0.3, 0.4) is 0 Å². The van der Waals surface area contributed by atoms with Crippen LogP contribution in [0.15, 0.2) is 42.5 Å². The summed E-state index contributed by atoms with van der Waals surface area (Å²) in [5.74, 6) is 0.615. The Bertz CT molecular complexity index is 1180. The number of amides is 1. The molecule has 0 spiro atoms. The summed E-state index contributed by atoms with van der Waals surface area (Å²) < 4.78 is 23.6. The van der Waals surface area contributed by atoms with Gasteiger partial charge >= 0.3 is 0 Å². The predicted octanol–water partition coefficient (Wildman–Crippen LogP) is 2.30. The molecule has 0 bridgehead atoms. The second kappa shape index (κ2) is 7.58. The quantitative estimate of drug-likeness (QED) is 0.482. The highest BCUT2D eigenvalue weighted by atomic mass is 35.5. The lowest BCUT2D eigenvalue weighted by Gasteiger charge is -2.29. The van der Waals surface area contributed by atoms with Gasteiger partial charge in [-0.2, -0.15) is 0 Å². The SMILES string of the molecule is O=C(NO)c1ccc(-c2nc(N3CCS(=O)(=O)CC3)c3ccc(Cl)cc3n2)cc1. The van der Waals surface area contributed by atoms with Gasteiger partial charge in [0.25, 0.3) is 5.91 Å². The van der Waals surface area contributed by atoms with Crippen molar-refractivity contribution in [3.8, 4) is 11.4 Å². The molecule has 0 radical (unpaired) electrons. The first-order chi connectivity index (χ1) is 13.9. The van der Waals surface area contributed by atoms with E-state index in [-0.39, 0.29) is 11.5 Å². The zero-order valence-electron chi connectivity index (χ0n) is 15.2. The van der Waals surface area contributed by atoms with Gasteiger partial charge in [-0.25, -0.2) is 23.9 Å². The van der Waals surface area contributed by atoms with Crippen molar-refractivity contribution < 1.29 is 18.4 Å². The first-order valence-corrected chi connectivity index (χ1v) is 11.0. The van der Waals surface area contributed by atoms with Crippen molar-refractivity contribution in [2.75, 3.05) is 29.5 Å². The summed E-state index contributed by atoms with van der Waals surface area (Å²) in [4.78, 5) is 22.8. The van der Waals surface area contributed by atoms with E-state index in [0.29, 0.717) is 46.4 Å². The van der Waals surface area contributed by atoms with Gasteiger partial charge < -0.3 is 4.90 Å². The van der Waals surface area contributed by atoms with E-state index in [4.69, 9.17) is 21.8 Å². The van der Waals surface area contributed by atoms with Gasteiger partial charge in [0.15, 0.2) is 15.7 Å². The van der Waals surface area contributed by atoms with Gasteiger partial charge in [0.05, 0.1) is 17.0 Å². The van der Waals surface area contributed by atoms with Gasteiger partial charge in [-0.05, 0) is 30.3 Å². The first-order valence-electron chi connectivity index (χ1n) is 8.84. The zero-order chi connectivity index (χ0) is 20.6. The Morgan fingerprint density at radius 3 is 2.41 bits per heavy atom. The molecule has 3 aromatic rings. The Morgan fingerprint density at radius 2 is 1.76 bits per heavy atom. The lowest BCUT2D eigenvalue weighted by atomic mass is 10.1. The monoisotopic (exact) mass is 432 g/mol. The van der Waals surface area contributed by atoms with E-state index in [1.165, 1.54) is 0 Å². The first kappa shape index (κ1) is 19.6. The van der Waals surface area contributed by atoms with Crippen molar-refractivity contribution in [1.82, 2.24) is 15.4 Å². The van der Waals surface area contributed by atoms with Gasteiger partial charge in [-0.15, -0.1) is 0 Å². The van der Waals surface area contributed by atoms with Gasteiger partial charge in [0, 0.05) is 34.6 Å². The molecule has 0 aliphatic carbocycles. The highest BCUT2D eigenvalue weighted by Crippen LogP contribution is 2.30. The molecule has 1 aliphatic heterocycles. The second-order valence-electron chi connectivity index (χ2n) is 6.69. The number of benzene rings is 2. The third kappa shape index (κ3) is 4.02. The number of halogens is 1. The van der Waals surface area contributed by atoms with E-state index in [1.807, 2.05) is 11.0 Å². The molecule has 0 saturated carbocycles. The largest absolute Gasteiger partial charge is 0.354 e. The summed E-state index contributed by atoms with van der Waals surface area (Å²) in [6.45, 7) is 0.707. The third-order valence-corrected chi connectivity index (χ3v) is 6.63. The van der Waals surface area contributed by atoms with E-state index >= 15 is 0 Å². The molecule has 0 unspecified atom stereocenters. The number of hydrogen-bond acceptors (Lipinski definition) is 7. The number of nitrogens with one attached hydrogen (secondary N) is 1. The minimum Gasteiger partial charge on any atom is -0.354 e. The summed E-state index contributed by atoms with van der Waals surface area (Å²) >= 11 is 6.14. The molecule has 1 aliphatic rings. The molecule has 2 N–H and O–H groups in total. The zero-order valence-corrected chi connectivity index (χ0v) is 16.7. The van der Waals surface area contributed by atoms with Gasteiger partial charge in [0.1, 0.15) is 5.82 Å². The molecule has 29 heavy (non-hydrogen) atoms. The van der Waals surface area contributed by atoms with Crippen LogP contribution < -0.4 is 10.4 Å². The maximum atomic E-state index is 11.8. The van der Waals surface area contributed by atoms with Gasteiger partial charge in [0.2, 0.25) is 0 Å². The minimum atomic E-state index is -3.03. The van der Waals surface area contributed by atoms with Crippen LogP contribution in [0.4, 0.5) is 5.82 Å². The Labute approximate surface area is 172 Å². The maximum Gasteiger partial charge on any atom is 0.274 e. The van der Waals surface area contributed by atoms with Gasteiger partial charge in [-0.3, -0.25) is 10.0 Å². The second-order valence-corrected chi connectivity index (χ2v) is 9.43. The number of rotatable bonds is 3. The fraction of sp³-hybridized carbons (Fsp3) is 0.211. The number of aromatic nitrogens is 2. The fourth-order valence-corrected chi connectivity index (χ4v) is 4.58. The molecule has 150 valence electrons. The molecule has 1 aromatic heterocycles. The van der Waals surface area contributed by atoms with Crippen LogP contribution in [-0.2, 0) is 9.84 Å². The molecule has 4 rings (SSSR count). The lowest BCUT2D eigenvalue weighted by Crippen LogP contribution is -2.40. The van der Waals surface area contributed by atoms with E-state index in [2.05, 4.69) is 4.98 Å². The van der Waals surface area contributed by atoms with E-state index in [1.54, 1.807) is 41.9 Å². The normalized spacial score (nSPS) is 16.0. The van der Waals surface area contributed by atoms with Crippen LogP contribution in [0.1, 0.15) is 10.4 Å².